The van der Waals surface area contributed by atoms with Gasteiger partial charge in [0, 0.05) is 11.3 Å². The summed E-state index contributed by atoms with van der Waals surface area (Å²) in [5.74, 6) is 1.66. The Labute approximate surface area is 165 Å². The summed E-state index contributed by atoms with van der Waals surface area (Å²) < 4.78 is 6.60. The number of hydrogen-bond acceptors (Lipinski definition) is 8. The van der Waals surface area contributed by atoms with Crippen LogP contribution in [0.5, 0.6) is 0 Å². The molecular formula is C19H17N5OS2. The van der Waals surface area contributed by atoms with Crippen molar-refractivity contribution in [2.45, 2.75) is 23.9 Å². The van der Waals surface area contributed by atoms with Crippen molar-refractivity contribution in [1.29, 1.82) is 0 Å². The summed E-state index contributed by atoms with van der Waals surface area (Å²) in [5, 5.41) is 20.7. The van der Waals surface area contributed by atoms with Crippen LogP contribution in [0.2, 0.25) is 0 Å². The molecule has 27 heavy (non-hydrogen) atoms. The lowest BCUT2D eigenvalue weighted by Gasteiger charge is -2.01. The number of nitrogens with one attached hydrogen (secondary N) is 1. The zero-order chi connectivity index (χ0) is 18.6. The van der Waals surface area contributed by atoms with E-state index in [1.807, 2.05) is 43.3 Å². The molecule has 0 saturated carbocycles. The number of benzene rings is 2. The highest BCUT2D eigenvalue weighted by atomic mass is 32.2. The molecular weight excluding hydrogens is 378 g/mol. The van der Waals surface area contributed by atoms with E-state index in [0.717, 1.165) is 26.3 Å². The minimum Gasteiger partial charge on any atom is -0.420 e. The molecule has 0 aliphatic rings. The van der Waals surface area contributed by atoms with Gasteiger partial charge in [-0.25, -0.2) is 0 Å². The Hall–Kier alpha value is -2.71. The van der Waals surface area contributed by atoms with E-state index < -0.39 is 0 Å². The average Bonchev–Trinajstić information content (AvgIpc) is 3.31. The number of thioether (sulfide) groups is 1. The van der Waals surface area contributed by atoms with Crippen molar-refractivity contribution >= 4 is 33.9 Å². The Morgan fingerprint density at radius 1 is 0.963 bits per heavy atom. The lowest BCUT2D eigenvalue weighted by molar-refractivity contribution is 0.528. The van der Waals surface area contributed by atoms with E-state index in [1.54, 1.807) is 0 Å². The first-order valence-electron chi connectivity index (χ1n) is 8.35. The van der Waals surface area contributed by atoms with Gasteiger partial charge in [-0.3, -0.25) is 0 Å². The summed E-state index contributed by atoms with van der Waals surface area (Å²) in [7, 11) is 0. The predicted octanol–water partition coefficient (Wildman–Crippen LogP) is 5.24. The van der Waals surface area contributed by atoms with Crippen LogP contribution in [0.25, 0.3) is 11.5 Å². The van der Waals surface area contributed by atoms with Crippen LogP contribution in [-0.4, -0.2) is 20.4 Å². The molecule has 4 aromatic rings. The largest absolute Gasteiger partial charge is 0.420 e. The van der Waals surface area contributed by atoms with E-state index in [2.05, 4.69) is 44.8 Å². The molecule has 8 heteroatoms. The second kappa shape index (κ2) is 7.89. The molecule has 0 atom stereocenters. The van der Waals surface area contributed by atoms with Gasteiger partial charge in [0.05, 0.1) is 5.75 Å². The number of anilines is 2. The normalized spacial score (nSPS) is 10.9. The van der Waals surface area contributed by atoms with Gasteiger partial charge in [0.25, 0.3) is 0 Å². The molecule has 2 aromatic heterocycles. The maximum absolute atomic E-state index is 5.76. The van der Waals surface area contributed by atoms with Crippen molar-refractivity contribution in [1.82, 2.24) is 20.4 Å². The molecule has 1 N–H and O–H groups in total. The molecule has 0 radical (unpaired) electrons. The maximum atomic E-state index is 5.76. The number of aromatic nitrogens is 4. The first-order chi connectivity index (χ1) is 13.2. The Kier molecular flexibility index (Phi) is 5.17. The van der Waals surface area contributed by atoms with Crippen molar-refractivity contribution in [2.24, 2.45) is 0 Å². The molecule has 0 amide bonds. The fraction of sp³-hybridized carbons (Fsp3) is 0.158. The highest BCUT2D eigenvalue weighted by Crippen LogP contribution is 2.30. The summed E-state index contributed by atoms with van der Waals surface area (Å²) in [6.07, 6.45) is 0. The number of aryl methyl sites for hydroxylation is 2. The van der Waals surface area contributed by atoms with E-state index in [4.69, 9.17) is 4.42 Å². The standard InChI is InChI=1S/C19H17N5OS2/c1-12-6-8-15(9-7-12)20-18-23-24-19(27-18)26-11-16-21-22-17(25-16)14-5-3-4-13(2)10-14/h3-10H,11H2,1-2H3,(H,20,23). The summed E-state index contributed by atoms with van der Waals surface area (Å²) >= 11 is 3.02. The minimum absolute atomic E-state index is 0.535. The van der Waals surface area contributed by atoms with Crippen LogP contribution in [-0.2, 0) is 5.75 Å². The van der Waals surface area contributed by atoms with Gasteiger partial charge in [0.2, 0.25) is 16.9 Å². The molecule has 0 spiro atoms. The van der Waals surface area contributed by atoms with Crippen molar-refractivity contribution in [3.8, 4) is 11.5 Å². The number of rotatable bonds is 6. The van der Waals surface area contributed by atoms with Gasteiger partial charge in [-0.05, 0) is 38.1 Å². The summed E-state index contributed by atoms with van der Waals surface area (Å²) in [6.45, 7) is 4.10. The second-order valence-electron chi connectivity index (χ2n) is 6.02. The third-order valence-corrected chi connectivity index (χ3v) is 5.72. The maximum Gasteiger partial charge on any atom is 0.247 e. The zero-order valence-corrected chi connectivity index (χ0v) is 16.5. The van der Waals surface area contributed by atoms with Gasteiger partial charge in [-0.1, -0.05) is 58.5 Å². The van der Waals surface area contributed by atoms with Crippen molar-refractivity contribution < 1.29 is 4.42 Å². The zero-order valence-electron chi connectivity index (χ0n) is 14.8. The summed E-state index contributed by atoms with van der Waals surface area (Å²) in [4.78, 5) is 0. The van der Waals surface area contributed by atoms with Crippen LogP contribution < -0.4 is 5.32 Å². The van der Waals surface area contributed by atoms with Gasteiger partial charge in [-0.2, -0.15) is 0 Å². The van der Waals surface area contributed by atoms with E-state index in [-0.39, 0.29) is 0 Å². The van der Waals surface area contributed by atoms with Gasteiger partial charge >= 0.3 is 0 Å². The molecule has 0 unspecified atom stereocenters. The quantitative estimate of drug-likeness (QED) is 0.447. The van der Waals surface area contributed by atoms with Crippen LogP contribution in [0.1, 0.15) is 17.0 Å². The van der Waals surface area contributed by atoms with Crippen LogP contribution >= 0.6 is 23.1 Å². The van der Waals surface area contributed by atoms with Crippen LogP contribution in [0.3, 0.4) is 0 Å². The van der Waals surface area contributed by atoms with E-state index in [0.29, 0.717) is 17.5 Å². The Balaban J connectivity index is 1.37. The monoisotopic (exact) mass is 395 g/mol. The highest BCUT2D eigenvalue weighted by Gasteiger charge is 2.11. The fourth-order valence-corrected chi connectivity index (χ4v) is 4.02. The van der Waals surface area contributed by atoms with Gasteiger partial charge in [0.1, 0.15) is 0 Å². The smallest absolute Gasteiger partial charge is 0.247 e. The number of nitrogens with zero attached hydrogens (tertiary/aromatic N) is 4. The molecule has 4 rings (SSSR count). The van der Waals surface area contributed by atoms with Crippen molar-refractivity contribution in [3.63, 3.8) is 0 Å². The van der Waals surface area contributed by atoms with E-state index >= 15 is 0 Å². The summed E-state index contributed by atoms with van der Waals surface area (Å²) in [5.41, 5.74) is 4.30. The Morgan fingerprint density at radius 2 is 1.81 bits per heavy atom. The molecule has 6 nitrogen and oxygen atoms in total. The molecule has 0 fully saturated rings. The van der Waals surface area contributed by atoms with Crippen molar-refractivity contribution in [3.05, 3.63) is 65.5 Å². The topological polar surface area (TPSA) is 76.7 Å². The van der Waals surface area contributed by atoms with Crippen molar-refractivity contribution in [2.75, 3.05) is 5.32 Å². The average molecular weight is 396 g/mol. The minimum atomic E-state index is 0.535. The Morgan fingerprint density at radius 3 is 2.63 bits per heavy atom. The first kappa shape index (κ1) is 17.7. The third kappa shape index (κ3) is 4.53. The molecule has 0 aliphatic heterocycles. The van der Waals surface area contributed by atoms with Crippen LogP contribution in [0, 0.1) is 13.8 Å². The SMILES string of the molecule is Cc1ccc(Nc2nnc(SCc3nnc(-c4cccc(C)c4)o3)s2)cc1. The molecule has 2 heterocycles. The van der Waals surface area contributed by atoms with Crippen LogP contribution in [0.4, 0.5) is 10.8 Å². The van der Waals surface area contributed by atoms with Gasteiger partial charge in [-0.15, -0.1) is 20.4 Å². The fourth-order valence-electron chi connectivity index (χ4n) is 2.41. The third-order valence-electron chi connectivity index (χ3n) is 3.76. The predicted molar refractivity (Wildman–Crippen MR) is 108 cm³/mol. The first-order valence-corrected chi connectivity index (χ1v) is 10.2. The molecule has 0 aliphatic carbocycles. The highest BCUT2D eigenvalue weighted by molar-refractivity contribution is 8.00. The number of hydrogen-bond donors (Lipinski definition) is 1. The molecule has 0 saturated heterocycles. The lowest BCUT2D eigenvalue weighted by Crippen LogP contribution is -1.88. The van der Waals surface area contributed by atoms with Crippen LogP contribution in [0.15, 0.2) is 57.3 Å². The van der Waals surface area contributed by atoms with Gasteiger partial charge in [0.15, 0.2) is 4.34 Å². The molecule has 136 valence electrons. The summed E-state index contributed by atoms with van der Waals surface area (Å²) in [6, 6.07) is 16.2. The molecule has 2 aromatic carbocycles. The van der Waals surface area contributed by atoms with Gasteiger partial charge < -0.3 is 9.73 Å². The molecule has 0 bridgehead atoms. The second-order valence-corrected chi connectivity index (χ2v) is 8.22. The Bertz CT molecular complexity index is 1040. The lowest BCUT2D eigenvalue weighted by atomic mass is 10.1. The van der Waals surface area contributed by atoms with E-state index in [1.165, 1.54) is 28.7 Å². The van der Waals surface area contributed by atoms with E-state index in [9.17, 15) is 0 Å².